The van der Waals surface area contributed by atoms with Gasteiger partial charge in [0, 0.05) is 0 Å². The van der Waals surface area contributed by atoms with E-state index in [2.05, 4.69) is 168 Å². The van der Waals surface area contributed by atoms with Crippen molar-refractivity contribution in [1.29, 1.82) is 0 Å². The van der Waals surface area contributed by atoms with Crippen molar-refractivity contribution in [2.24, 2.45) is 16.2 Å². The molecular weight excluding hydrogens is 504 g/mol. The van der Waals surface area contributed by atoms with E-state index < -0.39 is 0 Å². The Hall–Kier alpha value is -2.86. The highest BCUT2D eigenvalue weighted by Crippen LogP contribution is 2.53. The van der Waals surface area contributed by atoms with Crippen LogP contribution in [0.15, 0.2) is 130 Å². The zero-order valence-electron chi connectivity index (χ0n) is 29.1. The molecule has 0 aromatic rings. The van der Waals surface area contributed by atoms with Crippen LogP contribution in [0.25, 0.3) is 0 Å². The minimum atomic E-state index is 0.187. The monoisotopic (exact) mass is 564 g/mol. The largest absolute Gasteiger partial charge is 0.0696 e. The highest BCUT2D eigenvalue weighted by atomic mass is 14.5. The van der Waals surface area contributed by atoms with Gasteiger partial charge in [-0.1, -0.05) is 160 Å². The van der Waals surface area contributed by atoms with Crippen LogP contribution in [0.3, 0.4) is 0 Å². The van der Waals surface area contributed by atoms with Gasteiger partial charge in [0.15, 0.2) is 0 Å². The van der Waals surface area contributed by atoms with E-state index in [-0.39, 0.29) is 10.8 Å². The van der Waals surface area contributed by atoms with Gasteiger partial charge >= 0.3 is 0 Å². The first-order valence-corrected chi connectivity index (χ1v) is 16.1. The van der Waals surface area contributed by atoms with Crippen LogP contribution in [0.5, 0.6) is 0 Å². The Morgan fingerprint density at radius 2 is 0.952 bits per heavy atom. The molecule has 0 aliphatic heterocycles. The Morgan fingerprint density at radius 1 is 0.524 bits per heavy atom. The summed E-state index contributed by atoms with van der Waals surface area (Å²) in [5.41, 5.74) is 11.9. The Kier molecular flexibility index (Phi) is 13.1. The molecule has 0 heterocycles. The molecule has 0 bridgehead atoms. The summed E-state index contributed by atoms with van der Waals surface area (Å²) in [5, 5.41) is 0. The van der Waals surface area contributed by atoms with Crippen molar-refractivity contribution < 1.29 is 0 Å². The summed E-state index contributed by atoms with van der Waals surface area (Å²) in [5.74, 6) is 0. The van der Waals surface area contributed by atoms with E-state index >= 15 is 0 Å². The molecule has 0 nitrogen and oxygen atoms in total. The SMILES string of the molecule is CC1=C(/C=C/C(C)=C/C=C/C(C)=C/C=C/C=C(C)/C=C/C=C(C)/C=C/C2=C(C)CCC(C)(C)C2(C)C)C(C)(C)CCC1. The van der Waals surface area contributed by atoms with E-state index in [0.717, 1.165) is 0 Å². The van der Waals surface area contributed by atoms with E-state index in [1.165, 1.54) is 71.1 Å². The predicted molar refractivity (Wildman–Crippen MR) is 191 cm³/mol. The van der Waals surface area contributed by atoms with Gasteiger partial charge in [0.1, 0.15) is 0 Å². The average molecular weight is 565 g/mol. The molecule has 0 fully saturated rings. The Balaban J connectivity index is 1.92. The second-order valence-corrected chi connectivity index (χ2v) is 14.5. The molecule has 0 aromatic carbocycles. The minimum Gasteiger partial charge on any atom is -0.0696 e. The first-order valence-electron chi connectivity index (χ1n) is 16.1. The zero-order valence-corrected chi connectivity index (χ0v) is 29.1. The fourth-order valence-electron chi connectivity index (χ4n) is 5.98. The first-order chi connectivity index (χ1) is 19.6. The van der Waals surface area contributed by atoms with Gasteiger partial charge in [-0.25, -0.2) is 0 Å². The molecule has 0 radical (unpaired) electrons. The van der Waals surface area contributed by atoms with Crippen molar-refractivity contribution in [1.82, 2.24) is 0 Å². The maximum Gasteiger partial charge on any atom is -0.00529 e. The van der Waals surface area contributed by atoms with E-state index in [9.17, 15) is 0 Å². The van der Waals surface area contributed by atoms with Crippen LogP contribution < -0.4 is 0 Å². The second-order valence-electron chi connectivity index (χ2n) is 14.5. The van der Waals surface area contributed by atoms with Crippen LogP contribution in [0.1, 0.15) is 115 Å². The van der Waals surface area contributed by atoms with Crippen molar-refractivity contribution in [2.75, 3.05) is 0 Å². The normalized spacial score (nSPS) is 22.8. The molecule has 2 aliphatic carbocycles. The molecule has 0 amide bonds. The van der Waals surface area contributed by atoms with Crippen LogP contribution in [0, 0.1) is 16.2 Å². The molecule has 0 N–H and O–H groups in total. The number of hydrogen-bond donors (Lipinski definition) is 0. The fourth-order valence-corrected chi connectivity index (χ4v) is 5.98. The van der Waals surface area contributed by atoms with Gasteiger partial charge in [0.25, 0.3) is 0 Å². The Bertz CT molecular complexity index is 1290. The summed E-state index contributed by atoms with van der Waals surface area (Å²) >= 11 is 0. The lowest BCUT2D eigenvalue weighted by Gasteiger charge is -2.47. The smallest absolute Gasteiger partial charge is 0.00529 e. The predicted octanol–water partition coefficient (Wildman–Crippen LogP) is 13.2. The summed E-state index contributed by atoms with van der Waals surface area (Å²) in [6.07, 6.45) is 37.1. The molecular formula is C42H60. The number of rotatable bonds is 10. The highest BCUT2D eigenvalue weighted by Gasteiger charge is 2.42. The first kappa shape index (κ1) is 35.3. The summed E-state index contributed by atoms with van der Waals surface area (Å²) in [4.78, 5) is 0. The quantitative estimate of drug-likeness (QED) is 0.231. The van der Waals surface area contributed by atoms with E-state index in [1.807, 2.05) is 0 Å². The lowest BCUT2D eigenvalue weighted by Crippen LogP contribution is -2.37. The average Bonchev–Trinajstić information content (AvgIpc) is 2.88. The van der Waals surface area contributed by atoms with Crippen molar-refractivity contribution in [2.45, 2.75) is 115 Å². The Labute approximate surface area is 260 Å². The standard InChI is InChI=1S/C42H60/c1-32(20-15-22-34(3)25-27-38-36(5)24-17-30-40(38,7)8)18-13-14-19-33(2)21-16-23-35(4)26-28-39-37(6)29-31-41(9,10)42(39,11)12/h13-16,18-23,25-28H,17,24,29-31H2,1-12H3/b14-13+,20-15+,21-16+,27-25+,28-26+,32-18+,33-19+,34-22+,35-23+. The third kappa shape index (κ3) is 10.4. The third-order valence-corrected chi connectivity index (χ3v) is 9.78. The Morgan fingerprint density at radius 3 is 1.45 bits per heavy atom. The van der Waals surface area contributed by atoms with Crippen molar-refractivity contribution in [3.63, 3.8) is 0 Å². The van der Waals surface area contributed by atoms with Gasteiger partial charge in [-0.05, 0) is 101 Å². The summed E-state index contributed by atoms with van der Waals surface area (Å²) in [7, 11) is 0. The highest BCUT2D eigenvalue weighted by molar-refractivity contribution is 5.40. The fraction of sp³-hybridized carbons (Fsp3) is 0.476. The van der Waals surface area contributed by atoms with Crippen molar-refractivity contribution >= 4 is 0 Å². The van der Waals surface area contributed by atoms with Gasteiger partial charge < -0.3 is 0 Å². The van der Waals surface area contributed by atoms with E-state index in [0.29, 0.717) is 5.41 Å². The van der Waals surface area contributed by atoms with Gasteiger partial charge in [0.2, 0.25) is 0 Å². The van der Waals surface area contributed by atoms with Crippen molar-refractivity contribution in [3.05, 3.63) is 130 Å². The lowest BCUT2D eigenvalue weighted by molar-refractivity contribution is 0.128. The molecule has 228 valence electrons. The molecule has 2 rings (SSSR count). The summed E-state index contributed by atoms with van der Waals surface area (Å²) < 4.78 is 0. The molecule has 0 aromatic heterocycles. The molecule has 0 saturated carbocycles. The van der Waals surface area contributed by atoms with Crippen LogP contribution >= 0.6 is 0 Å². The maximum atomic E-state index is 2.41. The maximum absolute atomic E-state index is 2.41. The summed E-state index contributed by atoms with van der Waals surface area (Å²) in [6, 6.07) is 0. The lowest BCUT2D eigenvalue weighted by atomic mass is 9.57. The van der Waals surface area contributed by atoms with Crippen LogP contribution in [0.2, 0.25) is 0 Å². The van der Waals surface area contributed by atoms with Gasteiger partial charge in [0.05, 0.1) is 0 Å². The van der Waals surface area contributed by atoms with Gasteiger partial charge in [-0.2, -0.15) is 0 Å². The molecule has 0 saturated heterocycles. The van der Waals surface area contributed by atoms with E-state index in [4.69, 9.17) is 0 Å². The van der Waals surface area contributed by atoms with Crippen LogP contribution in [-0.2, 0) is 0 Å². The number of hydrogen-bond acceptors (Lipinski definition) is 0. The van der Waals surface area contributed by atoms with Gasteiger partial charge in [-0.3, -0.25) is 0 Å². The molecule has 0 spiro atoms. The molecule has 0 unspecified atom stereocenters. The number of allylic oxidation sites excluding steroid dienone is 22. The topological polar surface area (TPSA) is 0 Å². The zero-order chi connectivity index (χ0) is 31.6. The molecule has 0 atom stereocenters. The molecule has 2 aliphatic rings. The van der Waals surface area contributed by atoms with Gasteiger partial charge in [-0.15, -0.1) is 0 Å². The minimum absolute atomic E-state index is 0.187. The van der Waals surface area contributed by atoms with E-state index in [1.54, 1.807) is 5.57 Å². The summed E-state index contributed by atoms with van der Waals surface area (Å²) in [6.45, 7) is 27.6. The third-order valence-electron chi connectivity index (χ3n) is 9.78. The van der Waals surface area contributed by atoms with Crippen molar-refractivity contribution in [3.8, 4) is 0 Å². The van der Waals surface area contributed by atoms with Crippen LogP contribution in [-0.4, -0.2) is 0 Å². The van der Waals surface area contributed by atoms with Crippen LogP contribution in [0.4, 0.5) is 0 Å². The molecule has 42 heavy (non-hydrogen) atoms. The second kappa shape index (κ2) is 15.6. The molecule has 0 heteroatoms.